The molecular formula is C17H19F2NO3S. The average molecular weight is 355 g/mol. The van der Waals surface area contributed by atoms with Crippen LogP contribution in [0.3, 0.4) is 0 Å². The van der Waals surface area contributed by atoms with Crippen molar-refractivity contribution in [1.29, 1.82) is 0 Å². The second-order valence-corrected chi connectivity index (χ2v) is 7.17. The summed E-state index contributed by atoms with van der Waals surface area (Å²) >= 11 is 0. The molecule has 7 heteroatoms. The fourth-order valence-electron chi connectivity index (χ4n) is 2.25. The molecule has 0 saturated carbocycles. The number of hydrogen-bond acceptors (Lipinski definition) is 3. The van der Waals surface area contributed by atoms with Crippen LogP contribution in [0.25, 0.3) is 0 Å². The molecule has 0 aromatic heterocycles. The first kappa shape index (κ1) is 18.4. The molecule has 0 fully saturated rings. The number of benzene rings is 2. The van der Waals surface area contributed by atoms with E-state index in [0.29, 0.717) is 18.9 Å². The summed E-state index contributed by atoms with van der Waals surface area (Å²) in [6.07, 6.45) is 1.15. The normalized spacial score (nSPS) is 12.8. The summed E-state index contributed by atoms with van der Waals surface area (Å²) in [4.78, 5) is -0.682. The fourth-order valence-corrected chi connectivity index (χ4v) is 3.61. The van der Waals surface area contributed by atoms with E-state index >= 15 is 0 Å². The largest absolute Gasteiger partial charge is 0.497 e. The van der Waals surface area contributed by atoms with Crippen LogP contribution in [-0.4, -0.2) is 21.6 Å². The first-order chi connectivity index (χ1) is 11.3. The maximum atomic E-state index is 13.6. The van der Waals surface area contributed by atoms with Crippen LogP contribution >= 0.6 is 0 Å². The van der Waals surface area contributed by atoms with Crippen molar-refractivity contribution in [3.05, 3.63) is 59.7 Å². The lowest BCUT2D eigenvalue weighted by Gasteiger charge is -2.15. The molecule has 0 aliphatic heterocycles. The molecule has 0 radical (unpaired) electrons. The third-order valence-corrected chi connectivity index (χ3v) is 5.17. The second-order valence-electron chi connectivity index (χ2n) is 5.48. The fraction of sp³-hybridized carbons (Fsp3) is 0.294. The molecule has 4 nitrogen and oxygen atoms in total. The summed E-state index contributed by atoms with van der Waals surface area (Å²) < 4.78 is 58.6. The monoisotopic (exact) mass is 355 g/mol. The molecule has 0 aliphatic rings. The highest BCUT2D eigenvalue weighted by Gasteiger charge is 2.22. The van der Waals surface area contributed by atoms with Gasteiger partial charge >= 0.3 is 0 Å². The van der Waals surface area contributed by atoms with E-state index in [1.54, 1.807) is 14.0 Å². The predicted molar refractivity (Wildman–Crippen MR) is 87.5 cm³/mol. The van der Waals surface area contributed by atoms with Crippen molar-refractivity contribution >= 4 is 10.0 Å². The number of rotatable bonds is 7. The number of ether oxygens (including phenoxy) is 1. The highest BCUT2D eigenvalue weighted by Crippen LogP contribution is 2.17. The van der Waals surface area contributed by atoms with Crippen LogP contribution in [-0.2, 0) is 16.4 Å². The van der Waals surface area contributed by atoms with Crippen molar-refractivity contribution in [3.8, 4) is 5.75 Å². The molecule has 1 N–H and O–H groups in total. The van der Waals surface area contributed by atoms with E-state index in [1.807, 2.05) is 24.3 Å². The molecule has 2 aromatic carbocycles. The lowest BCUT2D eigenvalue weighted by Crippen LogP contribution is -2.33. The summed E-state index contributed by atoms with van der Waals surface area (Å²) in [6.45, 7) is 1.68. The van der Waals surface area contributed by atoms with Crippen LogP contribution in [0.1, 0.15) is 18.9 Å². The van der Waals surface area contributed by atoms with Gasteiger partial charge in [0.15, 0.2) is 0 Å². The molecule has 0 aliphatic carbocycles. The van der Waals surface area contributed by atoms with Gasteiger partial charge in [-0.15, -0.1) is 0 Å². The van der Waals surface area contributed by atoms with Gasteiger partial charge < -0.3 is 4.74 Å². The zero-order valence-electron chi connectivity index (χ0n) is 13.4. The van der Waals surface area contributed by atoms with Crippen molar-refractivity contribution in [3.63, 3.8) is 0 Å². The smallest absolute Gasteiger partial charge is 0.243 e. The van der Waals surface area contributed by atoms with E-state index in [0.717, 1.165) is 23.4 Å². The van der Waals surface area contributed by atoms with E-state index in [1.165, 1.54) is 0 Å². The third-order valence-electron chi connectivity index (χ3n) is 3.56. The third kappa shape index (κ3) is 4.75. The molecule has 0 spiro atoms. The lowest BCUT2D eigenvalue weighted by atomic mass is 10.1. The Labute approximate surface area is 140 Å². The van der Waals surface area contributed by atoms with Crippen LogP contribution in [0.4, 0.5) is 8.78 Å². The van der Waals surface area contributed by atoms with Crippen molar-refractivity contribution in [2.75, 3.05) is 7.11 Å². The molecule has 0 amide bonds. The van der Waals surface area contributed by atoms with Crippen LogP contribution in [0.2, 0.25) is 0 Å². The van der Waals surface area contributed by atoms with E-state index < -0.39 is 32.6 Å². The first-order valence-corrected chi connectivity index (χ1v) is 8.90. The van der Waals surface area contributed by atoms with Crippen molar-refractivity contribution in [2.24, 2.45) is 0 Å². The van der Waals surface area contributed by atoms with Crippen LogP contribution in [0.5, 0.6) is 5.75 Å². The average Bonchev–Trinajstić information content (AvgIpc) is 2.55. The number of nitrogens with one attached hydrogen (secondary N) is 1. The molecule has 1 unspecified atom stereocenters. The second kappa shape index (κ2) is 7.72. The van der Waals surface area contributed by atoms with Gasteiger partial charge in [0.2, 0.25) is 10.0 Å². The Balaban J connectivity index is 2.00. The molecule has 2 rings (SSSR count). The van der Waals surface area contributed by atoms with E-state index in [-0.39, 0.29) is 0 Å². The minimum absolute atomic E-state index is 0.431. The van der Waals surface area contributed by atoms with Gasteiger partial charge in [-0.05, 0) is 55.7 Å². The number of hydrogen-bond donors (Lipinski definition) is 1. The van der Waals surface area contributed by atoms with Crippen LogP contribution < -0.4 is 9.46 Å². The van der Waals surface area contributed by atoms with Gasteiger partial charge in [0.25, 0.3) is 0 Å². The van der Waals surface area contributed by atoms with E-state index in [4.69, 9.17) is 4.74 Å². The Kier molecular flexibility index (Phi) is 5.90. The Hall–Kier alpha value is -1.99. The first-order valence-electron chi connectivity index (χ1n) is 7.42. The number of methoxy groups -OCH3 is 1. The van der Waals surface area contributed by atoms with E-state index in [2.05, 4.69) is 4.72 Å². The topological polar surface area (TPSA) is 55.4 Å². The van der Waals surface area contributed by atoms with Crippen molar-refractivity contribution in [2.45, 2.75) is 30.7 Å². The van der Waals surface area contributed by atoms with Gasteiger partial charge in [-0.2, -0.15) is 0 Å². The molecule has 24 heavy (non-hydrogen) atoms. The van der Waals surface area contributed by atoms with Crippen LogP contribution in [0.15, 0.2) is 47.4 Å². The predicted octanol–water partition coefficient (Wildman–Crippen LogP) is 3.27. The summed E-state index contributed by atoms with van der Waals surface area (Å²) in [5.41, 5.74) is 1.03. The summed E-state index contributed by atoms with van der Waals surface area (Å²) in [5, 5.41) is 0. The Morgan fingerprint density at radius 2 is 1.79 bits per heavy atom. The quantitative estimate of drug-likeness (QED) is 0.829. The number of sulfonamides is 1. The number of aryl methyl sites for hydroxylation is 1. The van der Waals surface area contributed by atoms with Gasteiger partial charge in [0.1, 0.15) is 22.3 Å². The highest BCUT2D eigenvalue weighted by molar-refractivity contribution is 7.89. The Morgan fingerprint density at radius 3 is 2.42 bits per heavy atom. The van der Waals surface area contributed by atoms with Gasteiger partial charge in [-0.1, -0.05) is 12.1 Å². The zero-order valence-corrected chi connectivity index (χ0v) is 14.2. The molecule has 0 heterocycles. The molecule has 1 atom stereocenters. The summed E-state index contributed by atoms with van der Waals surface area (Å²) in [6, 6.07) is 9.36. The van der Waals surface area contributed by atoms with Gasteiger partial charge in [-0.3, -0.25) is 0 Å². The van der Waals surface area contributed by atoms with Crippen molar-refractivity contribution < 1.29 is 21.9 Å². The maximum Gasteiger partial charge on any atom is 0.243 e. The van der Waals surface area contributed by atoms with Gasteiger partial charge in [-0.25, -0.2) is 21.9 Å². The Morgan fingerprint density at radius 1 is 1.12 bits per heavy atom. The molecular weight excluding hydrogens is 336 g/mol. The minimum atomic E-state index is -4.11. The zero-order chi connectivity index (χ0) is 17.7. The summed E-state index contributed by atoms with van der Waals surface area (Å²) in [7, 11) is -2.53. The van der Waals surface area contributed by atoms with E-state index in [9.17, 15) is 17.2 Å². The minimum Gasteiger partial charge on any atom is -0.497 e. The lowest BCUT2D eigenvalue weighted by molar-refractivity contribution is 0.414. The summed E-state index contributed by atoms with van der Waals surface area (Å²) in [5.74, 6) is -1.04. The molecule has 0 saturated heterocycles. The van der Waals surface area contributed by atoms with Crippen molar-refractivity contribution in [1.82, 2.24) is 4.72 Å². The SMILES string of the molecule is COc1ccc(CCC(C)NS(=O)(=O)c2cc(F)ccc2F)cc1. The molecule has 0 bridgehead atoms. The Bertz CT molecular complexity index is 792. The van der Waals surface area contributed by atoms with Gasteiger partial charge in [0.05, 0.1) is 7.11 Å². The van der Waals surface area contributed by atoms with Crippen LogP contribution in [0, 0.1) is 11.6 Å². The maximum absolute atomic E-state index is 13.6. The molecule has 130 valence electrons. The molecule has 2 aromatic rings. The standard InChI is InChI=1S/C17H19F2NO3S/c1-12(3-4-13-5-8-15(23-2)9-6-13)20-24(21,22)17-11-14(18)7-10-16(17)19/h5-12,20H,3-4H2,1-2H3. The number of halogens is 2. The highest BCUT2D eigenvalue weighted by atomic mass is 32.2. The van der Waals surface area contributed by atoms with Gasteiger partial charge in [0, 0.05) is 6.04 Å².